The molecule has 1 rings (SSSR count). The minimum absolute atomic E-state index is 0.0584. The first-order chi connectivity index (χ1) is 19.4. The summed E-state index contributed by atoms with van der Waals surface area (Å²) in [6.45, 7) is 9.01. The van der Waals surface area contributed by atoms with Gasteiger partial charge in [0, 0.05) is 0 Å². The molecule has 40 heavy (non-hydrogen) atoms. The van der Waals surface area contributed by atoms with Crippen LogP contribution in [0.15, 0.2) is 12.1 Å². The average Bonchev–Trinajstić information content (AvgIpc) is 2.95. The van der Waals surface area contributed by atoms with Crippen LogP contribution in [-0.2, 0) is 23.7 Å². The fourth-order valence-electron chi connectivity index (χ4n) is 4.15. The third-order valence-electron chi connectivity index (χ3n) is 6.49. The fraction of sp³-hybridized carbons (Fsp3) is 0.800. The fourth-order valence-corrected chi connectivity index (χ4v) is 5.47. The maximum Gasteiger partial charge on any atom is 0.384 e. The average molecular weight is 595 g/mol. The highest BCUT2D eigenvalue weighted by Gasteiger charge is 2.27. The van der Waals surface area contributed by atoms with Crippen LogP contribution in [0.1, 0.15) is 118 Å². The Bertz CT molecular complexity index is 801. The van der Waals surface area contributed by atoms with Gasteiger partial charge in [0.15, 0.2) is 11.5 Å². The van der Waals surface area contributed by atoms with Crippen molar-refractivity contribution in [1.82, 2.24) is 0 Å². The van der Waals surface area contributed by atoms with Crippen molar-refractivity contribution in [3.8, 4) is 11.5 Å². The van der Waals surface area contributed by atoms with Gasteiger partial charge in [0.1, 0.15) is 0 Å². The van der Waals surface area contributed by atoms with Crippen molar-refractivity contribution >= 4 is 7.60 Å². The van der Waals surface area contributed by atoms with Gasteiger partial charge in [0.25, 0.3) is 0 Å². The van der Waals surface area contributed by atoms with E-state index in [0.717, 1.165) is 64.2 Å². The van der Waals surface area contributed by atoms with Crippen LogP contribution in [-0.4, -0.2) is 32.6 Å². The molecule has 1 aromatic carbocycles. The number of hydrogen-bond acceptors (Lipinski definition) is 7. The quantitative estimate of drug-likeness (QED) is 0.0434. The Hall–Kier alpha value is -1.25. The van der Waals surface area contributed by atoms with Crippen molar-refractivity contribution in [3.63, 3.8) is 0 Å². The maximum absolute atomic E-state index is 14.4. The molecule has 0 aliphatic carbocycles. The summed E-state index contributed by atoms with van der Waals surface area (Å²) in [7, 11) is -3.38. The minimum atomic E-state index is -3.38. The zero-order valence-corrected chi connectivity index (χ0v) is 26.1. The van der Waals surface area contributed by atoms with Gasteiger partial charge in [-0.1, -0.05) is 84.5 Å². The van der Waals surface area contributed by atoms with E-state index in [4.69, 9.17) is 28.6 Å². The van der Waals surface area contributed by atoms with E-state index in [1.165, 1.54) is 31.4 Å². The summed E-state index contributed by atoms with van der Waals surface area (Å²) in [4.78, 5) is 9.60. The molecule has 0 bridgehead atoms. The van der Waals surface area contributed by atoms with Crippen LogP contribution in [0.25, 0.3) is 0 Å². The molecule has 1 aromatic rings. The lowest BCUT2D eigenvalue weighted by Gasteiger charge is -2.15. The van der Waals surface area contributed by atoms with Crippen molar-refractivity contribution in [2.75, 3.05) is 32.6 Å². The van der Waals surface area contributed by atoms with E-state index in [2.05, 4.69) is 13.8 Å². The molecule has 0 saturated carbocycles. The monoisotopic (exact) mass is 594 g/mol. The van der Waals surface area contributed by atoms with Crippen LogP contribution in [0.5, 0.6) is 11.5 Å². The third kappa shape index (κ3) is 16.9. The largest absolute Gasteiger partial charge is 0.490 e. The number of ether oxygens (including phenoxy) is 2. The Labute approximate surface area is 241 Å². The number of halogens is 2. The molecule has 0 N–H and O–H groups in total. The summed E-state index contributed by atoms with van der Waals surface area (Å²) in [5, 5.41) is 0. The molecule has 0 radical (unpaired) electrons. The van der Waals surface area contributed by atoms with Gasteiger partial charge in [-0.2, -0.15) is 8.78 Å². The van der Waals surface area contributed by atoms with E-state index in [1.807, 2.05) is 0 Å². The Morgan fingerprint density at radius 2 is 1.20 bits per heavy atom. The third-order valence-corrected chi connectivity index (χ3v) is 8.02. The first-order valence-corrected chi connectivity index (χ1v) is 17.0. The van der Waals surface area contributed by atoms with Crippen molar-refractivity contribution in [2.45, 2.75) is 118 Å². The van der Waals surface area contributed by atoms with Gasteiger partial charge in [-0.25, -0.2) is 9.78 Å². The lowest BCUT2D eigenvalue weighted by molar-refractivity contribution is -0.263. The van der Waals surface area contributed by atoms with Gasteiger partial charge in [-0.05, 0) is 51.2 Å². The lowest BCUT2D eigenvalue weighted by atomic mass is 10.0. The van der Waals surface area contributed by atoms with Crippen LogP contribution in [0.4, 0.5) is 8.78 Å². The van der Waals surface area contributed by atoms with Crippen LogP contribution >= 0.6 is 7.60 Å². The van der Waals surface area contributed by atoms with Gasteiger partial charge >= 0.3 is 7.60 Å². The zero-order chi connectivity index (χ0) is 29.5. The van der Waals surface area contributed by atoms with Crippen LogP contribution in [0.3, 0.4) is 0 Å². The highest BCUT2D eigenvalue weighted by atomic mass is 31.2. The number of rotatable bonds is 27. The van der Waals surface area contributed by atoms with E-state index < -0.39 is 19.2 Å². The zero-order valence-electron chi connectivity index (χ0n) is 25.2. The van der Waals surface area contributed by atoms with Crippen molar-refractivity contribution in [1.29, 1.82) is 0 Å². The molecular weight excluding hydrogens is 541 g/mol. The molecule has 234 valence electrons. The summed E-state index contributed by atoms with van der Waals surface area (Å²) < 4.78 is 62.2. The molecule has 0 aliphatic heterocycles. The predicted octanol–water partition coefficient (Wildman–Crippen LogP) is 9.97. The van der Waals surface area contributed by atoms with E-state index in [-0.39, 0.29) is 30.9 Å². The van der Waals surface area contributed by atoms with Crippen LogP contribution in [0, 0.1) is 17.6 Å². The standard InChI is InChI=1S/C30H53F2O7P/c1-5-8-9-17-20-26(4)25-35-28-22-21-27(29(31)30(28)32)34-23-18-15-13-11-10-12-14-16-19-24-40(33,38-36-6-2)39-37-7-3/h21-22,26H,5-20,23-25H2,1-4H3/t26-/m0/s1. The van der Waals surface area contributed by atoms with Crippen molar-refractivity contribution in [3.05, 3.63) is 23.8 Å². The van der Waals surface area contributed by atoms with Gasteiger partial charge in [-0.3, -0.25) is 4.57 Å². The van der Waals surface area contributed by atoms with E-state index in [9.17, 15) is 13.3 Å². The normalized spacial score (nSPS) is 12.6. The minimum Gasteiger partial charge on any atom is -0.490 e. The van der Waals surface area contributed by atoms with Gasteiger partial charge < -0.3 is 9.47 Å². The molecule has 0 aliphatic rings. The molecule has 7 nitrogen and oxygen atoms in total. The highest BCUT2D eigenvalue weighted by Crippen LogP contribution is 2.49. The first-order valence-electron chi connectivity index (χ1n) is 15.3. The summed E-state index contributed by atoms with van der Waals surface area (Å²) in [5.74, 6) is -1.81. The number of hydrogen-bond donors (Lipinski definition) is 0. The molecular formula is C30H53F2O7P. The summed E-state index contributed by atoms with van der Waals surface area (Å²) in [6, 6.07) is 2.90. The summed E-state index contributed by atoms with van der Waals surface area (Å²) >= 11 is 0. The molecule has 1 atom stereocenters. The van der Waals surface area contributed by atoms with E-state index in [1.54, 1.807) is 13.8 Å². The summed E-state index contributed by atoms with van der Waals surface area (Å²) in [6.07, 6.45) is 14.8. The molecule has 10 heteroatoms. The van der Waals surface area contributed by atoms with Crippen LogP contribution < -0.4 is 9.47 Å². The second-order valence-electron chi connectivity index (χ2n) is 10.3. The van der Waals surface area contributed by atoms with Crippen molar-refractivity contribution < 1.29 is 41.9 Å². The number of benzene rings is 1. The van der Waals surface area contributed by atoms with Gasteiger partial charge in [0.2, 0.25) is 11.6 Å². The Morgan fingerprint density at radius 1 is 0.700 bits per heavy atom. The van der Waals surface area contributed by atoms with E-state index >= 15 is 0 Å². The molecule has 0 heterocycles. The predicted molar refractivity (Wildman–Crippen MR) is 155 cm³/mol. The Kier molecular flexibility index (Phi) is 21.4. The smallest absolute Gasteiger partial charge is 0.384 e. The Balaban J connectivity index is 2.13. The molecule has 0 aromatic heterocycles. The van der Waals surface area contributed by atoms with Gasteiger partial charge in [0.05, 0.1) is 32.6 Å². The second-order valence-corrected chi connectivity index (χ2v) is 12.2. The number of unbranched alkanes of at least 4 members (excludes halogenated alkanes) is 11. The topological polar surface area (TPSA) is 72.5 Å². The maximum atomic E-state index is 14.4. The molecule has 0 amide bonds. The lowest BCUT2D eigenvalue weighted by Crippen LogP contribution is -2.10. The summed E-state index contributed by atoms with van der Waals surface area (Å²) in [5.41, 5.74) is 0. The molecule has 0 fully saturated rings. The second kappa shape index (κ2) is 23.3. The first kappa shape index (κ1) is 36.8. The van der Waals surface area contributed by atoms with Crippen LogP contribution in [0.2, 0.25) is 0 Å². The SMILES string of the molecule is CCCCCC[C@H](C)COc1ccc(OCCCCCCCCCCCP(=O)(OOCC)OOCC)c(F)c1F. The van der Waals surface area contributed by atoms with E-state index in [0.29, 0.717) is 25.6 Å². The Morgan fingerprint density at radius 3 is 1.75 bits per heavy atom. The van der Waals surface area contributed by atoms with Gasteiger partial charge in [-0.15, -0.1) is 9.35 Å². The van der Waals surface area contributed by atoms with Crippen molar-refractivity contribution in [2.24, 2.45) is 5.92 Å². The molecule has 0 spiro atoms. The molecule has 0 saturated heterocycles. The molecule has 0 unspecified atom stereocenters. The highest BCUT2D eigenvalue weighted by molar-refractivity contribution is 7.53.